The van der Waals surface area contributed by atoms with E-state index in [9.17, 15) is 26.0 Å². The molecule has 1 fully saturated rings. The van der Waals surface area contributed by atoms with Crippen LogP contribution in [-0.2, 0) is 10.0 Å². The summed E-state index contributed by atoms with van der Waals surface area (Å²) < 4.78 is 79.4. The number of nitrogens with two attached hydrogens (primary N) is 1. The van der Waals surface area contributed by atoms with E-state index in [0.717, 1.165) is 10.7 Å². The summed E-state index contributed by atoms with van der Waals surface area (Å²) in [5.41, 5.74) is 5.46. The molecule has 0 aromatic heterocycles. The number of piperidine rings is 1. The van der Waals surface area contributed by atoms with E-state index in [4.69, 9.17) is 5.73 Å². The van der Waals surface area contributed by atoms with E-state index in [2.05, 4.69) is 0 Å². The van der Waals surface area contributed by atoms with E-state index in [-0.39, 0.29) is 31.6 Å². The topological polar surface area (TPSA) is 63.4 Å². The van der Waals surface area contributed by atoms with Gasteiger partial charge in [0.15, 0.2) is 28.2 Å². The van der Waals surface area contributed by atoms with Crippen molar-refractivity contribution in [3.05, 3.63) is 29.3 Å². The Morgan fingerprint density at radius 2 is 1.68 bits per heavy atom. The molecular weight excluding hydrogens is 348 g/mol. The predicted molar refractivity (Wildman–Crippen MR) is 74.1 cm³/mol. The molecular formula is C12H15ClF4N2O2S. The maximum absolute atomic E-state index is 13.7. The van der Waals surface area contributed by atoms with E-state index in [1.54, 1.807) is 0 Å². The number of sulfonamides is 1. The summed E-state index contributed by atoms with van der Waals surface area (Å²) in [6.45, 7) is -0.0402. The van der Waals surface area contributed by atoms with Crippen molar-refractivity contribution in [3.63, 3.8) is 0 Å². The van der Waals surface area contributed by atoms with Crippen LogP contribution >= 0.6 is 12.4 Å². The third kappa shape index (κ3) is 3.22. The summed E-state index contributed by atoms with van der Waals surface area (Å²) in [5.74, 6) is -7.35. The van der Waals surface area contributed by atoms with Gasteiger partial charge in [-0.3, -0.25) is 0 Å². The molecule has 22 heavy (non-hydrogen) atoms. The van der Waals surface area contributed by atoms with E-state index >= 15 is 0 Å². The Bertz CT molecular complexity index is 631. The van der Waals surface area contributed by atoms with Crippen molar-refractivity contribution in [2.24, 2.45) is 5.73 Å². The van der Waals surface area contributed by atoms with Crippen LogP contribution in [0.4, 0.5) is 17.6 Å². The first-order valence-corrected chi connectivity index (χ1v) is 7.79. The fourth-order valence-electron chi connectivity index (χ4n) is 2.42. The van der Waals surface area contributed by atoms with Crippen molar-refractivity contribution < 1.29 is 26.0 Å². The van der Waals surface area contributed by atoms with E-state index in [1.807, 2.05) is 0 Å². The summed E-state index contributed by atoms with van der Waals surface area (Å²) in [5, 5.41) is 0. The van der Waals surface area contributed by atoms with Gasteiger partial charge >= 0.3 is 0 Å². The second kappa shape index (κ2) is 7.12. The average molecular weight is 363 g/mol. The summed E-state index contributed by atoms with van der Waals surface area (Å²) in [7, 11) is -4.71. The third-order valence-corrected chi connectivity index (χ3v) is 5.46. The van der Waals surface area contributed by atoms with E-state index in [1.165, 1.54) is 0 Å². The largest absolute Gasteiger partial charge is 0.329 e. The first-order valence-electron chi connectivity index (χ1n) is 6.35. The number of hydrogen-bond donors (Lipinski definition) is 1. The van der Waals surface area contributed by atoms with Crippen LogP contribution in [0, 0.1) is 23.3 Å². The first-order chi connectivity index (χ1) is 9.80. The lowest BCUT2D eigenvalue weighted by Gasteiger charge is -2.34. The van der Waals surface area contributed by atoms with Crippen molar-refractivity contribution in [2.75, 3.05) is 13.1 Å². The normalized spacial score (nSPS) is 19.8. The standard InChI is InChI=1S/C12H14F4N2O2S.ClH/c13-8-5-9(14)11(16)12(10(8)15)21(19,20)18-4-2-1-3-7(18)6-17;/h5,7H,1-4,6,17H2;1H. The molecule has 0 bridgehead atoms. The van der Waals surface area contributed by atoms with Crippen LogP contribution < -0.4 is 5.73 Å². The summed E-state index contributed by atoms with van der Waals surface area (Å²) in [4.78, 5) is -1.60. The SMILES string of the molecule is Cl.NCC1CCCCN1S(=O)(=O)c1c(F)c(F)cc(F)c1F. The maximum Gasteiger partial charge on any atom is 0.249 e. The molecule has 4 nitrogen and oxygen atoms in total. The van der Waals surface area contributed by atoms with Gasteiger partial charge in [0.25, 0.3) is 0 Å². The fourth-order valence-corrected chi connectivity index (χ4v) is 4.26. The molecule has 2 N–H and O–H groups in total. The second-order valence-corrected chi connectivity index (χ2v) is 6.63. The van der Waals surface area contributed by atoms with Crippen molar-refractivity contribution in [1.82, 2.24) is 4.31 Å². The van der Waals surface area contributed by atoms with Crippen LogP contribution in [0.5, 0.6) is 0 Å². The summed E-state index contributed by atoms with van der Waals surface area (Å²) in [6.07, 6.45) is 1.63. The molecule has 10 heteroatoms. The quantitative estimate of drug-likeness (QED) is 0.662. The lowest BCUT2D eigenvalue weighted by atomic mass is 10.1. The molecule has 0 spiro atoms. The lowest BCUT2D eigenvalue weighted by Crippen LogP contribution is -2.47. The van der Waals surface area contributed by atoms with Crippen molar-refractivity contribution in [1.29, 1.82) is 0 Å². The molecule has 1 aromatic rings. The zero-order valence-electron chi connectivity index (χ0n) is 11.4. The minimum atomic E-state index is -4.71. The van der Waals surface area contributed by atoms with Gasteiger partial charge in [0.2, 0.25) is 10.0 Å². The number of halogens is 5. The Balaban J connectivity index is 0.00000242. The molecule has 0 aliphatic carbocycles. The molecule has 1 aliphatic rings. The smallest absolute Gasteiger partial charge is 0.249 e. The third-order valence-electron chi connectivity index (χ3n) is 3.48. The number of rotatable bonds is 3. The zero-order valence-corrected chi connectivity index (χ0v) is 13.0. The Morgan fingerprint density at radius 1 is 1.14 bits per heavy atom. The van der Waals surface area contributed by atoms with Gasteiger partial charge in [-0.15, -0.1) is 12.4 Å². The van der Waals surface area contributed by atoms with Gasteiger partial charge < -0.3 is 5.73 Å². The molecule has 1 aliphatic heterocycles. The van der Waals surface area contributed by atoms with E-state index in [0.29, 0.717) is 12.8 Å². The summed E-state index contributed by atoms with van der Waals surface area (Å²) in [6, 6.07) is -0.672. The Labute approximate surface area is 131 Å². The molecule has 0 amide bonds. The van der Waals surface area contributed by atoms with Crippen molar-refractivity contribution in [2.45, 2.75) is 30.2 Å². The van der Waals surface area contributed by atoms with Crippen LogP contribution in [0.1, 0.15) is 19.3 Å². The lowest BCUT2D eigenvalue weighted by molar-refractivity contribution is 0.255. The highest BCUT2D eigenvalue weighted by atomic mass is 35.5. The molecule has 0 radical (unpaired) electrons. The molecule has 126 valence electrons. The molecule has 2 rings (SSSR count). The first kappa shape index (κ1) is 19.1. The monoisotopic (exact) mass is 362 g/mol. The number of benzene rings is 1. The van der Waals surface area contributed by atoms with Crippen LogP contribution in [0.3, 0.4) is 0 Å². The molecule has 1 atom stereocenters. The van der Waals surface area contributed by atoms with Gasteiger partial charge in [0, 0.05) is 25.2 Å². The number of hydrogen-bond acceptors (Lipinski definition) is 3. The minimum absolute atomic E-state index is 0. The van der Waals surface area contributed by atoms with Crippen molar-refractivity contribution >= 4 is 22.4 Å². The molecule has 0 saturated carbocycles. The highest BCUT2D eigenvalue weighted by Crippen LogP contribution is 2.30. The van der Waals surface area contributed by atoms with Crippen LogP contribution in [0.2, 0.25) is 0 Å². The zero-order chi connectivity index (χ0) is 15.8. The van der Waals surface area contributed by atoms with Gasteiger partial charge in [0.1, 0.15) is 0 Å². The maximum atomic E-state index is 13.7. The van der Waals surface area contributed by atoms with Crippen LogP contribution in [-0.4, -0.2) is 31.9 Å². The summed E-state index contributed by atoms with van der Waals surface area (Å²) >= 11 is 0. The van der Waals surface area contributed by atoms with Crippen LogP contribution in [0.15, 0.2) is 11.0 Å². The Morgan fingerprint density at radius 3 is 2.18 bits per heavy atom. The molecule has 1 heterocycles. The molecule has 1 unspecified atom stereocenters. The predicted octanol–water partition coefficient (Wildman–Crippen LogP) is 2.17. The van der Waals surface area contributed by atoms with E-state index < -0.39 is 44.2 Å². The fraction of sp³-hybridized carbons (Fsp3) is 0.500. The minimum Gasteiger partial charge on any atom is -0.329 e. The number of nitrogens with zero attached hydrogens (tertiary/aromatic N) is 1. The van der Waals surface area contributed by atoms with Crippen LogP contribution in [0.25, 0.3) is 0 Å². The molecule has 1 saturated heterocycles. The highest BCUT2D eigenvalue weighted by molar-refractivity contribution is 7.89. The highest BCUT2D eigenvalue weighted by Gasteiger charge is 2.38. The van der Waals surface area contributed by atoms with Gasteiger partial charge in [-0.2, -0.15) is 4.31 Å². The van der Waals surface area contributed by atoms with Gasteiger partial charge in [0.05, 0.1) is 0 Å². The average Bonchev–Trinajstić information content (AvgIpc) is 2.45. The van der Waals surface area contributed by atoms with Gasteiger partial charge in [-0.05, 0) is 12.8 Å². The second-order valence-electron chi connectivity index (χ2n) is 4.80. The molecule has 1 aromatic carbocycles. The van der Waals surface area contributed by atoms with Gasteiger partial charge in [-0.25, -0.2) is 26.0 Å². The van der Waals surface area contributed by atoms with Gasteiger partial charge in [-0.1, -0.05) is 6.42 Å². The Hall–Kier alpha value is -0.900. The van der Waals surface area contributed by atoms with Crippen molar-refractivity contribution in [3.8, 4) is 0 Å². The Kier molecular flexibility index (Phi) is 6.19.